The third kappa shape index (κ3) is 5.96. The zero-order valence-electron chi connectivity index (χ0n) is 14.9. The first-order chi connectivity index (χ1) is 12.9. The Morgan fingerprint density at radius 2 is 1.89 bits per heavy atom. The quantitative estimate of drug-likeness (QED) is 0.442. The Morgan fingerprint density at radius 3 is 2.48 bits per heavy atom. The van der Waals surface area contributed by atoms with Gasteiger partial charge in [-0.1, -0.05) is 24.3 Å². The molecule has 0 aliphatic heterocycles. The fourth-order valence-corrected chi connectivity index (χ4v) is 2.26. The van der Waals surface area contributed by atoms with Crippen LogP contribution in [0.5, 0.6) is 5.75 Å². The van der Waals surface area contributed by atoms with E-state index in [1.807, 2.05) is 12.1 Å². The molecule has 0 saturated heterocycles. The van der Waals surface area contributed by atoms with E-state index in [9.17, 15) is 19.7 Å². The summed E-state index contributed by atoms with van der Waals surface area (Å²) in [6.45, 7) is 1.52. The summed E-state index contributed by atoms with van der Waals surface area (Å²) >= 11 is 0. The number of nitrogens with one attached hydrogen (secondary N) is 2. The third-order valence-corrected chi connectivity index (χ3v) is 3.56. The van der Waals surface area contributed by atoms with Crippen molar-refractivity contribution in [2.45, 2.75) is 13.5 Å². The predicted molar refractivity (Wildman–Crippen MR) is 99.7 cm³/mol. The van der Waals surface area contributed by atoms with Crippen LogP contribution in [0.3, 0.4) is 0 Å². The summed E-state index contributed by atoms with van der Waals surface area (Å²) in [6.07, 6.45) is 1.39. The van der Waals surface area contributed by atoms with Crippen molar-refractivity contribution in [3.8, 4) is 5.75 Å². The van der Waals surface area contributed by atoms with Crippen LogP contribution in [0.4, 0.5) is 5.69 Å². The third-order valence-electron chi connectivity index (χ3n) is 3.56. The standard InChI is InChI=1S/C19H19N3O5/c1-13(23)21-18(11-15-4-3-5-16(10-15)22(25)26)19(24)20-12-14-6-8-17(27-2)9-7-14/h3-11H,12H2,1-2H3,(H,20,24)(H,21,23)/b18-11+. The van der Waals surface area contributed by atoms with Crippen LogP contribution >= 0.6 is 0 Å². The number of benzene rings is 2. The van der Waals surface area contributed by atoms with E-state index >= 15 is 0 Å². The number of hydrogen-bond donors (Lipinski definition) is 2. The van der Waals surface area contributed by atoms with Crippen molar-refractivity contribution in [2.75, 3.05) is 7.11 Å². The minimum Gasteiger partial charge on any atom is -0.497 e. The van der Waals surface area contributed by atoms with E-state index in [0.29, 0.717) is 11.3 Å². The Kier molecular flexibility index (Phi) is 6.65. The lowest BCUT2D eigenvalue weighted by Crippen LogP contribution is -2.33. The zero-order chi connectivity index (χ0) is 19.8. The summed E-state index contributed by atoms with van der Waals surface area (Å²) in [6, 6.07) is 12.9. The molecule has 8 heteroatoms. The molecule has 0 spiro atoms. The normalized spacial score (nSPS) is 10.8. The molecule has 2 aromatic rings. The molecule has 2 rings (SSSR count). The summed E-state index contributed by atoms with van der Waals surface area (Å²) in [5, 5.41) is 16.0. The first-order valence-electron chi connectivity index (χ1n) is 8.04. The lowest BCUT2D eigenvalue weighted by atomic mass is 10.1. The summed E-state index contributed by atoms with van der Waals surface area (Å²) in [5.41, 5.74) is 1.16. The van der Waals surface area contributed by atoms with E-state index in [0.717, 1.165) is 5.56 Å². The average molecular weight is 369 g/mol. The second kappa shape index (κ2) is 9.14. The number of nitro benzene ring substituents is 1. The van der Waals surface area contributed by atoms with Crippen LogP contribution in [0, 0.1) is 10.1 Å². The Hall–Kier alpha value is -3.68. The number of ether oxygens (including phenoxy) is 1. The SMILES string of the molecule is COc1ccc(CNC(=O)/C(=C\c2cccc([N+](=O)[O-])c2)NC(C)=O)cc1. The minimum absolute atomic E-state index is 0.00323. The van der Waals surface area contributed by atoms with Gasteiger partial charge in [-0.2, -0.15) is 0 Å². The van der Waals surface area contributed by atoms with Gasteiger partial charge in [-0.25, -0.2) is 0 Å². The van der Waals surface area contributed by atoms with E-state index in [1.165, 1.54) is 31.2 Å². The largest absolute Gasteiger partial charge is 0.497 e. The van der Waals surface area contributed by atoms with Crippen molar-refractivity contribution in [1.82, 2.24) is 10.6 Å². The maximum atomic E-state index is 12.4. The van der Waals surface area contributed by atoms with Gasteiger partial charge in [0, 0.05) is 25.6 Å². The first-order valence-corrected chi connectivity index (χ1v) is 8.04. The molecule has 2 amide bonds. The molecule has 0 radical (unpaired) electrons. The van der Waals surface area contributed by atoms with Crippen LogP contribution in [0.25, 0.3) is 6.08 Å². The number of hydrogen-bond acceptors (Lipinski definition) is 5. The molecule has 140 valence electrons. The van der Waals surface area contributed by atoms with Crippen LogP contribution in [-0.2, 0) is 16.1 Å². The number of amides is 2. The zero-order valence-corrected chi connectivity index (χ0v) is 14.9. The van der Waals surface area contributed by atoms with E-state index in [4.69, 9.17) is 4.74 Å². The Labute approximate surface area is 156 Å². The summed E-state index contributed by atoms with van der Waals surface area (Å²) in [5.74, 6) is -0.228. The molecule has 0 saturated carbocycles. The molecule has 0 atom stereocenters. The monoisotopic (exact) mass is 369 g/mol. The Morgan fingerprint density at radius 1 is 1.19 bits per heavy atom. The maximum Gasteiger partial charge on any atom is 0.270 e. The lowest BCUT2D eigenvalue weighted by Gasteiger charge is -2.10. The average Bonchev–Trinajstić information content (AvgIpc) is 2.65. The number of carbonyl (C=O) groups excluding carboxylic acids is 2. The molecule has 0 aromatic heterocycles. The highest BCUT2D eigenvalue weighted by Gasteiger charge is 2.12. The fraction of sp³-hybridized carbons (Fsp3) is 0.158. The second-order valence-corrected chi connectivity index (χ2v) is 5.62. The summed E-state index contributed by atoms with van der Waals surface area (Å²) in [4.78, 5) is 34.2. The number of nitrogens with zero attached hydrogens (tertiary/aromatic N) is 1. The lowest BCUT2D eigenvalue weighted by molar-refractivity contribution is -0.384. The molecule has 27 heavy (non-hydrogen) atoms. The van der Waals surface area contributed by atoms with Gasteiger partial charge in [-0.05, 0) is 29.3 Å². The molecule has 0 aliphatic rings. The predicted octanol–water partition coefficient (Wildman–Crippen LogP) is 2.40. The molecule has 2 aromatic carbocycles. The van der Waals surface area contributed by atoms with E-state index in [1.54, 1.807) is 25.3 Å². The van der Waals surface area contributed by atoms with Crippen LogP contribution in [0.1, 0.15) is 18.1 Å². The molecule has 0 heterocycles. The van der Waals surface area contributed by atoms with Crippen molar-refractivity contribution >= 4 is 23.6 Å². The number of methoxy groups -OCH3 is 1. The topological polar surface area (TPSA) is 111 Å². The molecule has 0 aliphatic carbocycles. The molecule has 0 fully saturated rings. The number of non-ortho nitro benzene ring substituents is 1. The van der Waals surface area contributed by atoms with Gasteiger partial charge in [-0.3, -0.25) is 19.7 Å². The van der Waals surface area contributed by atoms with Gasteiger partial charge in [-0.15, -0.1) is 0 Å². The smallest absolute Gasteiger partial charge is 0.270 e. The van der Waals surface area contributed by atoms with E-state index < -0.39 is 16.7 Å². The fourth-order valence-electron chi connectivity index (χ4n) is 2.26. The van der Waals surface area contributed by atoms with Crippen LogP contribution in [0.2, 0.25) is 0 Å². The van der Waals surface area contributed by atoms with Gasteiger partial charge in [0.05, 0.1) is 12.0 Å². The summed E-state index contributed by atoms with van der Waals surface area (Å²) < 4.78 is 5.08. The second-order valence-electron chi connectivity index (χ2n) is 5.62. The van der Waals surface area contributed by atoms with E-state index in [-0.39, 0.29) is 17.9 Å². The van der Waals surface area contributed by atoms with Crippen molar-refractivity contribution in [3.63, 3.8) is 0 Å². The van der Waals surface area contributed by atoms with Crippen molar-refractivity contribution in [3.05, 3.63) is 75.5 Å². The summed E-state index contributed by atoms with van der Waals surface area (Å²) in [7, 11) is 1.56. The van der Waals surface area contributed by atoms with Gasteiger partial charge in [0.25, 0.3) is 11.6 Å². The molecule has 8 nitrogen and oxygen atoms in total. The number of rotatable bonds is 7. The maximum absolute atomic E-state index is 12.4. The van der Waals surface area contributed by atoms with Gasteiger partial charge in [0.2, 0.25) is 5.91 Å². The van der Waals surface area contributed by atoms with Crippen LogP contribution < -0.4 is 15.4 Å². The number of nitro groups is 1. The minimum atomic E-state index is -0.529. The Balaban J connectivity index is 2.16. The number of carbonyl (C=O) groups is 2. The van der Waals surface area contributed by atoms with Crippen molar-refractivity contribution in [2.24, 2.45) is 0 Å². The highest BCUT2D eigenvalue weighted by Crippen LogP contribution is 2.15. The van der Waals surface area contributed by atoms with Gasteiger partial charge in [0.1, 0.15) is 11.4 Å². The van der Waals surface area contributed by atoms with Crippen LogP contribution in [0.15, 0.2) is 54.2 Å². The highest BCUT2D eigenvalue weighted by molar-refractivity contribution is 6.00. The van der Waals surface area contributed by atoms with Crippen molar-refractivity contribution in [1.29, 1.82) is 0 Å². The van der Waals surface area contributed by atoms with E-state index in [2.05, 4.69) is 10.6 Å². The van der Waals surface area contributed by atoms with Gasteiger partial charge in [0.15, 0.2) is 0 Å². The molecule has 2 N–H and O–H groups in total. The highest BCUT2D eigenvalue weighted by atomic mass is 16.6. The van der Waals surface area contributed by atoms with Crippen molar-refractivity contribution < 1.29 is 19.2 Å². The molecular weight excluding hydrogens is 350 g/mol. The molecule has 0 unspecified atom stereocenters. The first kappa shape index (κ1) is 19.6. The van der Waals surface area contributed by atoms with Crippen LogP contribution in [-0.4, -0.2) is 23.8 Å². The molecular formula is C19H19N3O5. The Bertz CT molecular complexity index is 875. The van der Waals surface area contributed by atoms with Gasteiger partial charge < -0.3 is 15.4 Å². The molecule has 0 bridgehead atoms. The van der Waals surface area contributed by atoms with Gasteiger partial charge >= 0.3 is 0 Å².